The van der Waals surface area contributed by atoms with Crippen molar-refractivity contribution in [3.8, 4) is 5.69 Å². The van der Waals surface area contributed by atoms with Crippen LogP contribution in [0.1, 0.15) is 5.56 Å². The predicted octanol–water partition coefficient (Wildman–Crippen LogP) is 3.19. The molecular formula is C17H16N4O. The molecule has 0 saturated heterocycles. The van der Waals surface area contributed by atoms with Gasteiger partial charge in [-0.05, 0) is 42.0 Å². The zero-order valence-corrected chi connectivity index (χ0v) is 11.9. The lowest BCUT2D eigenvalue weighted by atomic mass is 10.2. The Bertz CT molecular complexity index is 738. The number of anilines is 1. The minimum Gasteiger partial charge on any atom is -0.334 e. The maximum Gasteiger partial charge on any atom is 0.319 e. The summed E-state index contributed by atoms with van der Waals surface area (Å²) in [4.78, 5) is 15.9. The molecule has 3 rings (SSSR count). The number of pyridine rings is 1. The second-order valence-electron chi connectivity index (χ2n) is 4.81. The third kappa shape index (κ3) is 3.52. The first kappa shape index (κ1) is 13.9. The van der Waals surface area contributed by atoms with E-state index in [2.05, 4.69) is 15.6 Å². The molecule has 0 saturated carbocycles. The third-order valence-electron chi connectivity index (χ3n) is 3.18. The van der Waals surface area contributed by atoms with Crippen molar-refractivity contribution in [3.63, 3.8) is 0 Å². The highest BCUT2D eigenvalue weighted by Crippen LogP contribution is 2.14. The monoisotopic (exact) mass is 292 g/mol. The lowest BCUT2D eigenvalue weighted by Crippen LogP contribution is -2.28. The van der Waals surface area contributed by atoms with Crippen molar-refractivity contribution >= 4 is 11.7 Å². The van der Waals surface area contributed by atoms with E-state index in [0.717, 1.165) is 16.9 Å². The van der Waals surface area contributed by atoms with Crippen molar-refractivity contribution in [1.82, 2.24) is 14.9 Å². The highest BCUT2D eigenvalue weighted by molar-refractivity contribution is 5.89. The molecular weight excluding hydrogens is 276 g/mol. The van der Waals surface area contributed by atoms with Gasteiger partial charge < -0.3 is 15.2 Å². The Kier molecular flexibility index (Phi) is 4.15. The third-order valence-corrected chi connectivity index (χ3v) is 3.18. The molecule has 2 N–H and O–H groups in total. The van der Waals surface area contributed by atoms with Crippen LogP contribution in [-0.2, 0) is 6.54 Å². The Morgan fingerprint density at radius 2 is 1.95 bits per heavy atom. The summed E-state index contributed by atoms with van der Waals surface area (Å²) in [7, 11) is 0. The molecule has 3 aromatic rings. The average Bonchev–Trinajstić information content (AvgIpc) is 3.09. The smallest absolute Gasteiger partial charge is 0.319 e. The fourth-order valence-electron chi connectivity index (χ4n) is 2.11. The lowest BCUT2D eigenvalue weighted by molar-refractivity contribution is 0.251. The number of rotatable bonds is 4. The van der Waals surface area contributed by atoms with Gasteiger partial charge in [-0.1, -0.05) is 12.1 Å². The summed E-state index contributed by atoms with van der Waals surface area (Å²) in [5, 5.41) is 5.64. The number of urea groups is 1. The van der Waals surface area contributed by atoms with Gasteiger partial charge >= 0.3 is 6.03 Å². The fourth-order valence-corrected chi connectivity index (χ4v) is 2.11. The number of amides is 2. The summed E-state index contributed by atoms with van der Waals surface area (Å²) in [5.41, 5.74) is 2.70. The Morgan fingerprint density at radius 3 is 2.73 bits per heavy atom. The second-order valence-corrected chi connectivity index (χ2v) is 4.81. The molecule has 0 fully saturated rings. The zero-order chi connectivity index (χ0) is 15.2. The minimum atomic E-state index is -0.242. The van der Waals surface area contributed by atoms with Crippen molar-refractivity contribution in [1.29, 1.82) is 0 Å². The molecule has 0 spiro atoms. The van der Waals surface area contributed by atoms with Crippen LogP contribution in [0.4, 0.5) is 10.5 Å². The number of hydrogen-bond acceptors (Lipinski definition) is 2. The normalized spacial score (nSPS) is 10.2. The molecule has 0 aliphatic rings. The highest BCUT2D eigenvalue weighted by atomic mass is 16.2. The van der Waals surface area contributed by atoms with E-state index in [1.54, 1.807) is 12.4 Å². The largest absolute Gasteiger partial charge is 0.334 e. The molecule has 2 heterocycles. The average molecular weight is 292 g/mol. The van der Waals surface area contributed by atoms with Crippen LogP contribution < -0.4 is 10.6 Å². The summed E-state index contributed by atoms with van der Waals surface area (Å²) < 4.78 is 1.98. The van der Waals surface area contributed by atoms with Crippen molar-refractivity contribution in [2.24, 2.45) is 0 Å². The molecule has 0 unspecified atom stereocenters. The van der Waals surface area contributed by atoms with Gasteiger partial charge in [-0.25, -0.2) is 4.79 Å². The summed E-state index contributed by atoms with van der Waals surface area (Å²) in [6, 6.07) is 15.1. The van der Waals surface area contributed by atoms with Crippen molar-refractivity contribution in [2.75, 3.05) is 5.32 Å². The SMILES string of the molecule is O=C(NCc1cccnc1)Nc1cccc(-n2cccc2)c1. The van der Waals surface area contributed by atoms with E-state index in [1.807, 2.05) is 65.5 Å². The Labute approximate surface area is 128 Å². The number of nitrogens with zero attached hydrogens (tertiary/aromatic N) is 2. The summed E-state index contributed by atoms with van der Waals surface area (Å²) >= 11 is 0. The Balaban J connectivity index is 1.61. The standard InChI is InChI=1S/C17H16N4O/c22-17(19-13-14-5-4-8-18-12-14)20-15-6-3-7-16(11-15)21-9-1-2-10-21/h1-12H,13H2,(H2,19,20,22). The van der Waals surface area contributed by atoms with Crippen LogP contribution in [0, 0.1) is 0 Å². The van der Waals surface area contributed by atoms with Gasteiger partial charge in [0, 0.05) is 42.7 Å². The molecule has 5 nitrogen and oxygen atoms in total. The molecule has 2 aromatic heterocycles. The van der Waals surface area contributed by atoms with Crippen LogP contribution in [0.5, 0.6) is 0 Å². The van der Waals surface area contributed by atoms with Gasteiger partial charge in [-0.3, -0.25) is 4.98 Å². The molecule has 22 heavy (non-hydrogen) atoms. The molecule has 110 valence electrons. The first-order valence-electron chi connectivity index (χ1n) is 6.98. The van der Waals surface area contributed by atoms with Gasteiger partial charge in [0.25, 0.3) is 0 Å². The Morgan fingerprint density at radius 1 is 1.09 bits per heavy atom. The van der Waals surface area contributed by atoms with E-state index >= 15 is 0 Å². The van der Waals surface area contributed by atoms with E-state index in [-0.39, 0.29) is 6.03 Å². The van der Waals surface area contributed by atoms with Crippen LogP contribution in [0.3, 0.4) is 0 Å². The molecule has 5 heteroatoms. The van der Waals surface area contributed by atoms with Crippen LogP contribution in [-0.4, -0.2) is 15.6 Å². The molecule has 0 radical (unpaired) electrons. The number of carbonyl (C=O) groups is 1. The van der Waals surface area contributed by atoms with Gasteiger partial charge in [0.15, 0.2) is 0 Å². The Hall–Kier alpha value is -3.08. The lowest BCUT2D eigenvalue weighted by Gasteiger charge is -2.09. The highest BCUT2D eigenvalue weighted by Gasteiger charge is 2.03. The molecule has 0 bridgehead atoms. The maximum absolute atomic E-state index is 11.9. The fraction of sp³-hybridized carbons (Fsp3) is 0.0588. The number of aromatic nitrogens is 2. The van der Waals surface area contributed by atoms with E-state index in [9.17, 15) is 4.79 Å². The molecule has 0 aliphatic heterocycles. The predicted molar refractivity (Wildman–Crippen MR) is 85.9 cm³/mol. The van der Waals surface area contributed by atoms with Gasteiger partial charge in [0.2, 0.25) is 0 Å². The van der Waals surface area contributed by atoms with Crippen molar-refractivity contribution in [2.45, 2.75) is 6.54 Å². The van der Waals surface area contributed by atoms with Crippen LogP contribution in [0.25, 0.3) is 5.69 Å². The van der Waals surface area contributed by atoms with Gasteiger partial charge in [-0.15, -0.1) is 0 Å². The van der Waals surface area contributed by atoms with E-state index in [1.165, 1.54) is 0 Å². The first-order valence-corrected chi connectivity index (χ1v) is 6.98. The van der Waals surface area contributed by atoms with Gasteiger partial charge in [0.05, 0.1) is 0 Å². The summed E-state index contributed by atoms with van der Waals surface area (Å²) in [6.45, 7) is 0.441. The number of nitrogens with one attached hydrogen (secondary N) is 2. The van der Waals surface area contributed by atoms with Crippen LogP contribution >= 0.6 is 0 Å². The van der Waals surface area contributed by atoms with Crippen molar-refractivity contribution < 1.29 is 4.79 Å². The quantitative estimate of drug-likeness (QED) is 0.776. The summed E-state index contributed by atoms with van der Waals surface area (Å²) in [5.74, 6) is 0. The summed E-state index contributed by atoms with van der Waals surface area (Å²) in [6.07, 6.45) is 7.35. The first-order chi connectivity index (χ1) is 10.8. The number of benzene rings is 1. The number of carbonyl (C=O) groups excluding carboxylic acids is 1. The molecule has 2 amide bonds. The topological polar surface area (TPSA) is 59.0 Å². The maximum atomic E-state index is 11.9. The van der Waals surface area contributed by atoms with E-state index in [4.69, 9.17) is 0 Å². The minimum absolute atomic E-state index is 0.242. The van der Waals surface area contributed by atoms with E-state index in [0.29, 0.717) is 6.54 Å². The molecule has 0 aliphatic carbocycles. The van der Waals surface area contributed by atoms with Crippen LogP contribution in [0.15, 0.2) is 73.3 Å². The molecule has 1 aromatic carbocycles. The van der Waals surface area contributed by atoms with Gasteiger partial charge in [0.1, 0.15) is 0 Å². The van der Waals surface area contributed by atoms with Gasteiger partial charge in [-0.2, -0.15) is 0 Å². The zero-order valence-electron chi connectivity index (χ0n) is 11.9. The van der Waals surface area contributed by atoms with Crippen molar-refractivity contribution in [3.05, 3.63) is 78.9 Å². The molecule has 0 atom stereocenters. The van der Waals surface area contributed by atoms with Crippen LogP contribution in [0.2, 0.25) is 0 Å². The van der Waals surface area contributed by atoms with E-state index < -0.39 is 0 Å². The second kappa shape index (κ2) is 6.58. The number of hydrogen-bond donors (Lipinski definition) is 2.